The summed E-state index contributed by atoms with van der Waals surface area (Å²) >= 11 is 0. The average Bonchev–Trinajstić information content (AvgIpc) is 3.23. The van der Waals surface area contributed by atoms with E-state index in [0.717, 1.165) is 40.1 Å². The van der Waals surface area contributed by atoms with Crippen LogP contribution in [-0.4, -0.2) is 15.5 Å². The quantitative estimate of drug-likeness (QED) is 0.364. The van der Waals surface area contributed by atoms with Crippen LogP contribution in [0, 0.1) is 0 Å². The first-order valence-electron chi connectivity index (χ1n) is 11.2. The van der Waals surface area contributed by atoms with Gasteiger partial charge in [-0.1, -0.05) is 97.1 Å². The van der Waals surface area contributed by atoms with Crippen LogP contribution in [0.25, 0.3) is 22.4 Å². The Labute approximate surface area is 193 Å². The van der Waals surface area contributed by atoms with Crippen molar-refractivity contribution < 1.29 is 4.79 Å². The lowest BCUT2D eigenvalue weighted by Crippen LogP contribution is -2.24. The molecule has 0 radical (unpaired) electrons. The zero-order chi connectivity index (χ0) is 22.5. The van der Waals surface area contributed by atoms with E-state index in [9.17, 15) is 4.79 Å². The molecule has 0 unspecified atom stereocenters. The predicted octanol–water partition coefficient (Wildman–Crippen LogP) is 5.61. The third kappa shape index (κ3) is 4.85. The Bertz CT molecular complexity index is 1360. The van der Waals surface area contributed by atoms with Crippen LogP contribution in [0.15, 0.2) is 109 Å². The van der Waals surface area contributed by atoms with E-state index in [1.807, 2.05) is 66.7 Å². The third-order valence-electron chi connectivity index (χ3n) is 5.75. The monoisotopic (exact) mass is 431 g/mol. The van der Waals surface area contributed by atoms with Gasteiger partial charge in [-0.2, -0.15) is 0 Å². The molecule has 1 aromatic heterocycles. The normalized spacial score (nSPS) is 10.9. The Hall–Kier alpha value is -4.18. The van der Waals surface area contributed by atoms with Crippen molar-refractivity contribution in [2.45, 2.75) is 19.5 Å². The second-order valence-corrected chi connectivity index (χ2v) is 8.13. The molecule has 0 bridgehead atoms. The molecule has 1 heterocycles. The van der Waals surface area contributed by atoms with Crippen molar-refractivity contribution in [2.24, 2.45) is 0 Å². The molecule has 0 saturated heterocycles. The molecule has 1 amide bonds. The van der Waals surface area contributed by atoms with E-state index in [1.54, 1.807) is 0 Å². The zero-order valence-electron chi connectivity index (χ0n) is 18.3. The van der Waals surface area contributed by atoms with Crippen molar-refractivity contribution >= 4 is 16.9 Å². The Morgan fingerprint density at radius 3 is 2.06 bits per heavy atom. The number of carbonyl (C=O) groups is 1. The molecule has 0 atom stereocenters. The van der Waals surface area contributed by atoms with Gasteiger partial charge < -0.3 is 9.88 Å². The van der Waals surface area contributed by atoms with Crippen molar-refractivity contribution in [3.8, 4) is 11.4 Å². The summed E-state index contributed by atoms with van der Waals surface area (Å²) in [6.45, 7) is 1.29. The van der Waals surface area contributed by atoms with Crippen LogP contribution in [0.2, 0.25) is 0 Å². The molecule has 0 aliphatic rings. The summed E-state index contributed by atoms with van der Waals surface area (Å²) in [6, 6.07) is 36.7. The molecule has 0 saturated carbocycles. The fourth-order valence-electron chi connectivity index (χ4n) is 4.04. The van der Waals surface area contributed by atoms with Gasteiger partial charge in [-0.05, 0) is 28.8 Å². The fourth-order valence-corrected chi connectivity index (χ4v) is 4.04. The van der Waals surface area contributed by atoms with E-state index in [2.05, 4.69) is 52.3 Å². The molecular formula is C29H25N3O. The number of benzene rings is 4. The molecule has 0 aliphatic carbocycles. The highest BCUT2D eigenvalue weighted by Gasteiger charge is 2.13. The Balaban J connectivity index is 1.35. The number of aromatic nitrogens is 2. The van der Waals surface area contributed by atoms with Crippen LogP contribution in [0.1, 0.15) is 16.7 Å². The van der Waals surface area contributed by atoms with Crippen molar-refractivity contribution in [2.75, 3.05) is 0 Å². The molecular weight excluding hydrogens is 406 g/mol. The van der Waals surface area contributed by atoms with Crippen LogP contribution >= 0.6 is 0 Å². The summed E-state index contributed by atoms with van der Waals surface area (Å²) in [4.78, 5) is 17.3. The summed E-state index contributed by atoms with van der Waals surface area (Å²) < 4.78 is 2.26. The molecule has 0 aliphatic heterocycles. The number of hydrogen-bond donors (Lipinski definition) is 1. The minimum atomic E-state index is 0.0166. The number of imidazole rings is 1. The number of nitrogens with zero attached hydrogens (tertiary/aromatic N) is 2. The average molecular weight is 432 g/mol. The molecule has 0 fully saturated rings. The molecule has 4 nitrogen and oxygen atoms in total. The van der Waals surface area contributed by atoms with Gasteiger partial charge in [0.15, 0.2) is 0 Å². The van der Waals surface area contributed by atoms with Crippen LogP contribution in [0.4, 0.5) is 0 Å². The van der Waals surface area contributed by atoms with Gasteiger partial charge in [0.05, 0.1) is 17.5 Å². The van der Waals surface area contributed by atoms with Crippen molar-refractivity contribution in [3.63, 3.8) is 0 Å². The summed E-state index contributed by atoms with van der Waals surface area (Å²) in [5.41, 5.74) is 6.44. The number of para-hydroxylation sites is 2. The highest BCUT2D eigenvalue weighted by Crippen LogP contribution is 2.26. The van der Waals surface area contributed by atoms with Crippen molar-refractivity contribution in [3.05, 3.63) is 126 Å². The Morgan fingerprint density at radius 2 is 1.33 bits per heavy atom. The first-order chi connectivity index (χ1) is 16.3. The maximum atomic E-state index is 12.4. The number of nitrogens with one attached hydrogen (secondary N) is 1. The second kappa shape index (κ2) is 9.53. The first-order valence-corrected chi connectivity index (χ1v) is 11.2. The maximum absolute atomic E-state index is 12.4. The third-order valence-corrected chi connectivity index (χ3v) is 5.75. The Kier molecular flexibility index (Phi) is 5.98. The summed E-state index contributed by atoms with van der Waals surface area (Å²) in [5.74, 6) is 0.947. The van der Waals surface area contributed by atoms with Gasteiger partial charge in [0.25, 0.3) is 0 Å². The lowest BCUT2D eigenvalue weighted by Gasteiger charge is -2.10. The highest BCUT2D eigenvalue weighted by molar-refractivity contribution is 5.81. The lowest BCUT2D eigenvalue weighted by atomic mass is 10.1. The summed E-state index contributed by atoms with van der Waals surface area (Å²) in [5, 5.41) is 2.99. The molecule has 5 aromatic rings. The molecule has 1 N–H and O–H groups in total. The first kappa shape index (κ1) is 20.7. The number of rotatable bonds is 7. The number of fused-ring (bicyclic) bond motifs is 1. The lowest BCUT2D eigenvalue weighted by molar-refractivity contribution is -0.120. The fraction of sp³-hybridized carbons (Fsp3) is 0.103. The smallest absolute Gasteiger partial charge is 0.224 e. The van der Waals surface area contributed by atoms with Crippen LogP contribution in [0.5, 0.6) is 0 Å². The standard InChI is InChI=1S/C29H25N3O/c33-28(30-20-23-9-3-1-4-10-23)19-22-15-17-25(18-16-22)29-31-26-13-7-8-14-27(26)32(29)21-24-11-5-2-6-12-24/h1-18H,19-21H2,(H,30,33). The SMILES string of the molecule is O=C(Cc1ccc(-c2nc3ccccc3n2Cc2ccccc2)cc1)NCc1ccccc1. The van der Waals surface area contributed by atoms with E-state index < -0.39 is 0 Å². The molecule has 5 rings (SSSR count). The maximum Gasteiger partial charge on any atom is 0.224 e. The van der Waals surface area contributed by atoms with Gasteiger partial charge >= 0.3 is 0 Å². The zero-order valence-corrected chi connectivity index (χ0v) is 18.3. The van der Waals surface area contributed by atoms with Gasteiger partial charge in [0, 0.05) is 18.7 Å². The van der Waals surface area contributed by atoms with E-state index in [0.29, 0.717) is 13.0 Å². The van der Waals surface area contributed by atoms with E-state index in [4.69, 9.17) is 4.98 Å². The summed E-state index contributed by atoms with van der Waals surface area (Å²) in [6.07, 6.45) is 0.355. The largest absolute Gasteiger partial charge is 0.352 e. The van der Waals surface area contributed by atoms with E-state index >= 15 is 0 Å². The van der Waals surface area contributed by atoms with Gasteiger partial charge in [0.2, 0.25) is 5.91 Å². The van der Waals surface area contributed by atoms with Gasteiger partial charge in [-0.25, -0.2) is 4.98 Å². The molecule has 162 valence electrons. The van der Waals surface area contributed by atoms with Crippen LogP contribution in [0.3, 0.4) is 0 Å². The Morgan fingerprint density at radius 1 is 0.697 bits per heavy atom. The minimum Gasteiger partial charge on any atom is -0.352 e. The minimum absolute atomic E-state index is 0.0166. The topological polar surface area (TPSA) is 46.9 Å². The van der Waals surface area contributed by atoms with Crippen molar-refractivity contribution in [1.82, 2.24) is 14.9 Å². The number of carbonyl (C=O) groups excluding carboxylic acids is 1. The van der Waals surface area contributed by atoms with Crippen LogP contribution in [-0.2, 0) is 24.3 Å². The van der Waals surface area contributed by atoms with Crippen molar-refractivity contribution in [1.29, 1.82) is 0 Å². The van der Waals surface area contributed by atoms with Gasteiger partial charge in [-0.3, -0.25) is 4.79 Å². The number of amides is 1. The van der Waals surface area contributed by atoms with Gasteiger partial charge in [0.1, 0.15) is 5.82 Å². The summed E-state index contributed by atoms with van der Waals surface area (Å²) in [7, 11) is 0. The van der Waals surface area contributed by atoms with Gasteiger partial charge in [-0.15, -0.1) is 0 Å². The van der Waals surface area contributed by atoms with E-state index in [1.165, 1.54) is 5.56 Å². The highest BCUT2D eigenvalue weighted by atomic mass is 16.1. The number of hydrogen-bond acceptors (Lipinski definition) is 2. The van der Waals surface area contributed by atoms with E-state index in [-0.39, 0.29) is 5.91 Å². The molecule has 33 heavy (non-hydrogen) atoms. The second-order valence-electron chi connectivity index (χ2n) is 8.13. The predicted molar refractivity (Wildman–Crippen MR) is 133 cm³/mol. The molecule has 0 spiro atoms. The molecule has 4 aromatic carbocycles. The molecule has 4 heteroatoms. The van der Waals surface area contributed by atoms with Crippen LogP contribution < -0.4 is 5.32 Å².